The lowest BCUT2D eigenvalue weighted by molar-refractivity contribution is 0.0851. The number of rotatable bonds is 12. The lowest BCUT2D eigenvalue weighted by Crippen LogP contribution is -2.37. The van der Waals surface area contributed by atoms with E-state index in [-0.39, 0.29) is 22.6 Å². The summed E-state index contributed by atoms with van der Waals surface area (Å²) < 4.78 is 5.79. The van der Waals surface area contributed by atoms with Crippen LogP contribution in [0.2, 0.25) is 10.0 Å². The largest absolute Gasteiger partial charge is 0.492 e. The second-order valence-electron chi connectivity index (χ2n) is 8.56. The minimum absolute atomic E-state index is 0.00464. The molecule has 6 heteroatoms. The number of hydrogen-bond acceptors (Lipinski definition) is 3. The highest BCUT2D eigenvalue weighted by molar-refractivity contribution is 6.44. The first-order chi connectivity index (χ1) is 14.7. The van der Waals surface area contributed by atoms with Crippen LogP contribution < -0.4 is 4.74 Å². The molecule has 3 atom stereocenters. The van der Waals surface area contributed by atoms with Crippen molar-refractivity contribution in [1.29, 1.82) is 0 Å². The maximum absolute atomic E-state index is 13.6. The third-order valence-corrected chi connectivity index (χ3v) is 7.43. The molecule has 2 rings (SSSR count). The van der Waals surface area contributed by atoms with Crippen molar-refractivity contribution in [2.24, 2.45) is 11.8 Å². The first-order valence-corrected chi connectivity index (χ1v) is 12.2. The average Bonchev–Trinajstić information content (AvgIpc) is 2.74. The van der Waals surface area contributed by atoms with Gasteiger partial charge in [-0.15, -0.1) is 11.6 Å². The van der Waals surface area contributed by atoms with Gasteiger partial charge in [0.05, 0.1) is 16.5 Å². The number of alkyl halides is 1. The molecule has 0 amide bonds. The van der Waals surface area contributed by atoms with Gasteiger partial charge < -0.3 is 9.64 Å². The fourth-order valence-electron chi connectivity index (χ4n) is 3.91. The van der Waals surface area contributed by atoms with Gasteiger partial charge in [0.2, 0.25) is 0 Å². The molecule has 0 spiro atoms. The van der Waals surface area contributed by atoms with Crippen molar-refractivity contribution in [2.75, 3.05) is 27.2 Å². The summed E-state index contributed by atoms with van der Waals surface area (Å²) in [5.74, 6) is 0.213. The highest BCUT2D eigenvalue weighted by Crippen LogP contribution is 2.43. The normalized spacial score (nSPS) is 20.1. The summed E-state index contributed by atoms with van der Waals surface area (Å²) >= 11 is 20.0. The Kier molecular flexibility index (Phi) is 10.4. The van der Waals surface area contributed by atoms with Crippen LogP contribution >= 0.6 is 34.8 Å². The molecular weight excluding hydrogens is 453 g/mol. The van der Waals surface area contributed by atoms with Gasteiger partial charge in [0.1, 0.15) is 10.8 Å². The number of Topliss-reactive ketones (excluding diaryl/α,β-unsaturated/α-hetero) is 1. The zero-order valence-corrected chi connectivity index (χ0v) is 21.2. The van der Waals surface area contributed by atoms with Crippen LogP contribution in [-0.4, -0.2) is 42.8 Å². The number of carbonyl (C=O) groups is 1. The van der Waals surface area contributed by atoms with Gasteiger partial charge in [-0.1, -0.05) is 74.2 Å². The quantitative estimate of drug-likeness (QED) is 0.175. The van der Waals surface area contributed by atoms with Crippen LogP contribution in [0.1, 0.15) is 56.3 Å². The van der Waals surface area contributed by atoms with Crippen molar-refractivity contribution in [1.82, 2.24) is 4.90 Å². The topological polar surface area (TPSA) is 29.5 Å². The Labute approximate surface area is 202 Å². The molecule has 0 aliphatic heterocycles. The molecule has 1 aliphatic rings. The number of carbonyl (C=O) groups excluding carboxylic acids is 1. The molecule has 0 saturated heterocycles. The van der Waals surface area contributed by atoms with Crippen LogP contribution in [-0.2, 0) is 0 Å². The number of ketones is 1. The first kappa shape index (κ1) is 26.3. The summed E-state index contributed by atoms with van der Waals surface area (Å²) in [6.07, 6.45) is 12.3. The molecule has 3 nitrogen and oxygen atoms in total. The molecule has 1 aliphatic carbocycles. The molecule has 172 valence electrons. The standard InChI is InChI=1S/C25H34Cl3NO2/c1-5-6-11-19(18(2)25(28)14-8-7-9-15-25)24(30)20-12-13-21(23(27)22(20)26)31-17-10-16-29(3)4/h7-9,12-14,18-19H,5-6,10-11,15-17H2,1-4H3. The molecule has 0 N–H and O–H groups in total. The van der Waals surface area contributed by atoms with Crippen molar-refractivity contribution in [3.63, 3.8) is 0 Å². The fraction of sp³-hybridized carbons (Fsp3) is 0.560. The predicted molar refractivity (Wildman–Crippen MR) is 133 cm³/mol. The van der Waals surface area contributed by atoms with E-state index in [1.54, 1.807) is 12.1 Å². The third kappa shape index (κ3) is 6.99. The van der Waals surface area contributed by atoms with E-state index in [0.717, 1.165) is 32.2 Å². The van der Waals surface area contributed by atoms with Gasteiger partial charge in [-0.2, -0.15) is 0 Å². The average molecular weight is 487 g/mol. The third-order valence-electron chi connectivity index (χ3n) is 5.94. The van der Waals surface area contributed by atoms with Crippen molar-refractivity contribution >= 4 is 40.6 Å². The Balaban J connectivity index is 2.23. The van der Waals surface area contributed by atoms with E-state index >= 15 is 0 Å². The molecule has 0 bridgehead atoms. The van der Waals surface area contributed by atoms with Gasteiger partial charge in [0.15, 0.2) is 5.78 Å². The molecule has 0 saturated carbocycles. The monoisotopic (exact) mass is 485 g/mol. The maximum Gasteiger partial charge on any atom is 0.167 e. The predicted octanol–water partition coefficient (Wildman–Crippen LogP) is 7.44. The minimum atomic E-state index is -0.575. The summed E-state index contributed by atoms with van der Waals surface area (Å²) in [6, 6.07) is 3.49. The van der Waals surface area contributed by atoms with E-state index < -0.39 is 4.87 Å². The number of halogens is 3. The Morgan fingerprint density at radius 2 is 1.94 bits per heavy atom. The van der Waals surface area contributed by atoms with Crippen LogP contribution in [0.4, 0.5) is 0 Å². The summed E-state index contributed by atoms with van der Waals surface area (Å²) in [6.45, 7) is 5.64. The van der Waals surface area contributed by atoms with E-state index in [9.17, 15) is 4.79 Å². The zero-order chi connectivity index (χ0) is 23.0. The highest BCUT2D eigenvalue weighted by atomic mass is 35.5. The van der Waals surface area contributed by atoms with Crippen LogP contribution in [0.25, 0.3) is 0 Å². The molecule has 31 heavy (non-hydrogen) atoms. The van der Waals surface area contributed by atoms with E-state index in [0.29, 0.717) is 29.4 Å². The van der Waals surface area contributed by atoms with Gasteiger partial charge in [-0.3, -0.25) is 4.79 Å². The smallest absolute Gasteiger partial charge is 0.167 e. The molecule has 3 unspecified atom stereocenters. The van der Waals surface area contributed by atoms with E-state index in [1.807, 2.05) is 32.3 Å². The Bertz CT molecular complexity index is 806. The van der Waals surface area contributed by atoms with E-state index in [1.165, 1.54) is 0 Å². The van der Waals surface area contributed by atoms with E-state index in [2.05, 4.69) is 24.8 Å². The maximum atomic E-state index is 13.6. The molecule has 0 radical (unpaired) electrons. The summed E-state index contributed by atoms with van der Waals surface area (Å²) in [7, 11) is 4.04. The molecule has 0 aromatic heterocycles. The second kappa shape index (κ2) is 12.3. The number of allylic oxidation sites excluding steroid dienone is 4. The van der Waals surface area contributed by atoms with Gasteiger partial charge in [0.25, 0.3) is 0 Å². The molecule has 1 aromatic carbocycles. The van der Waals surface area contributed by atoms with Crippen LogP contribution in [0.15, 0.2) is 36.4 Å². The summed E-state index contributed by atoms with van der Waals surface area (Å²) in [5, 5.41) is 0.550. The molecule has 1 aromatic rings. The number of ether oxygens (including phenoxy) is 1. The van der Waals surface area contributed by atoms with Crippen LogP contribution in [0.5, 0.6) is 5.75 Å². The lowest BCUT2D eigenvalue weighted by Gasteiger charge is -2.36. The number of unbranched alkanes of at least 4 members (excludes halogenated alkanes) is 1. The number of benzene rings is 1. The van der Waals surface area contributed by atoms with Crippen molar-refractivity contribution in [2.45, 2.75) is 50.8 Å². The molecular formula is C25H34Cl3NO2. The van der Waals surface area contributed by atoms with Crippen LogP contribution in [0, 0.1) is 11.8 Å². The van der Waals surface area contributed by atoms with Gasteiger partial charge in [-0.25, -0.2) is 0 Å². The van der Waals surface area contributed by atoms with Gasteiger partial charge in [0, 0.05) is 18.0 Å². The second-order valence-corrected chi connectivity index (χ2v) is 10.0. The van der Waals surface area contributed by atoms with Crippen molar-refractivity contribution in [3.05, 3.63) is 52.0 Å². The zero-order valence-electron chi connectivity index (χ0n) is 19.0. The SMILES string of the molecule is CCCCC(C(=O)c1ccc(OCCCN(C)C)c(Cl)c1Cl)C(C)C1(Cl)C=CC=CC1. The van der Waals surface area contributed by atoms with Gasteiger partial charge in [-0.05, 0) is 51.4 Å². The first-order valence-electron chi connectivity index (χ1n) is 11.0. The van der Waals surface area contributed by atoms with Gasteiger partial charge >= 0.3 is 0 Å². The lowest BCUT2D eigenvalue weighted by atomic mass is 9.74. The fourth-order valence-corrected chi connectivity index (χ4v) is 4.69. The molecule has 0 fully saturated rings. The highest BCUT2D eigenvalue weighted by Gasteiger charge is 2.40. The van der Waals surface area contributed by atoms with Crippen molar-refractivity contribution < 1.29 is 9.53 Å². The number of nitrogens with zero attached hydrogens (tertiary/aromatic N) is 1. The van der Waals surface area contributed by atoms with Crippen molar-refractivity contribution in [3.8, 4) is 5.75 Å². The summed E-state index contributed by atoms with van der Waals surface area (Å²) in [5.41, 5.74) is 0.441. The Hall–Kier alpha value is -1.00. The Morgan fingerprint density at radius 3 is 2.55 bits per heavy atom. The summed E-state index contributed by atoms with van der Waals surface area (Å²) in [4.78, 5) is 15.1. The molecule has 0 heterocycles. The van der Waals surface area contributed by atoms with E-state index in [4.69, 9.17) is 39.5 Å². The Morgan fingerprint density at radius 1 is 1.19 bits per heavy atom. The van der Waals surface area contributed by atoms with Crippen LogP contribution in [0.3, 0.4) is 0 Å². The number of hydrogen-bond donors (Lipinski definition) is 0. The minimum Gasteiger partial charge on any atom is -0.492 e.